The Morgan fingerprint density at radius 1 is 1.10 bits per heavy atom. The van der Waals surface area contributed by atoms with Gasteiger partial charge in [0.15, 0.2) is 5.82 Å². The molecule has 0 bridgehead atoms. The second-order valence-electron chi connectivity index (χ2n) is 7.68. The van der Waals surface area contributed by atoms with Crippen molar-refractivity contribution in [2.24, 2.45) is 0 Å². The molecule has 2 heterocycles. The lowest BCUT2D eigenvalue weighted by molar-refractivity contribution is 0.0746. The molecule has 1 aliphatic heterocycles. The number of ether oxygens (including phenoxy) is 1. The highest BCUT2D eigenvalue weighted by Gasteiger charge is 2.24. The molecule has 4 rings (SSSR count). The number of piperazine rings is 1. The molecule has 0 spiro atoms. The molecule has 31 heavy (non-hydrogen) atoms. The summed E-state index contributed by atoms with van der Waals surface area (Å²) in [5.74, 6) is 0.895. The van der Waals surface area contributed by atoms with Gasteiger partial charge in [-0.15, -0.1) is 5.10 Å². The van der Waals surface area contributed by atoms with E-state index in [4.69, 9.17) is 4.74 Å². The minimum atomic E-state index is -0.240. The van der Waals surface area contributed by atoms with E-state index in [1.54, 1.807) is 46.0 Å². The van der Waals surface area contributed by atoms with Crippen molar-refractivity contribution in [3.05, 3.63) is 65.7 Å². The third-order valence-corrected chi connectivity index (χ3v) is 5.26. The Kier molecular flexibility index (Phi) is 6.11. The minimum absolute atomic E-state index is 0.0642. The number of para-hydroxylation sites is 1. The smallest absolute Gasteiger partial charge is 0.254 e. The molecule has 1 saturated heterocycles. The molecule has 0 N–H and O–H groups in total. The summed E-state index contributed by atoms with van der Waals surface area (Å²) in [6.07, 6.45) is 0. The van der Waals surface area contributed by atoms with Crippen LogP contribution in [0.4, 0.5) is 10.1 Å². The summed E-state index contributed by atoms with van der Waals surface area (Å²) in [6.45, 7) is 6.42. The Morgan fingerprint density at radius 3 is 2.61 bits per heavy atom. The molecule has 2 aromatic carbocycles. The average molecular weight is 424 g/mol. The van der Waals surface area contributed by atoms with Crippen LogP contribution in [0.25, 0.3) is 0 Å². The molecule has 0 unspecified atom stereocenters. The number of rotatable bonds is 6. The Morgan fingerprint density at radius 2 is 1.87 bits per heavy atom. The summed E-state index contributed by atoms with van der Waals surface area (Å²) >= 11 is 0. The number of benzene rings is 2. The van der Waals surface area contributed by atoms with E-state index >= 15 is 0 Å². The van der Waals surface area contributed by atoms with E-state index in [0.717, 1.165) is 0 Å². The summed E-state index contributed by atoms with van der Waals surface area (Å²) in [5, 5.41) is 11.6. The number of aromatic nitrogens is 4. The standard InChI is InChI=1S/C22H25FN6O2/c1-16(2)29-21(24-25-26-29)15-31-18-7-5-6-17(14-18)22(30)28-12-10-27(11-13-28)20-9-4-3-8-19(20)23/h3-9,14,16H,10-13,15H2,1-2H3. The monoisotopic (exact) mass is 424 g/mol. The van der Waals surface area contributed by atoms with Crippen molar-refractivity contribution in [3.8, 4) is 5.75 Å². The van der Waals surface area contributed by atoms with Crippen molar-refractivity contribution in [2.75, 3.05) is 31.1 Å². The second kappa shape index (κ2) is 9.11. The fourth-order valence-electron chi connectivity index (χ4n) is 3.62. The van der Waals surface area contributed by atoms with Crippen molar-refractivity contribution < 1.29 is 13.9 Å². The maximum absolute atomic E-state index is 14.0. The van der Waals surface area contributed by atoms with Crippen LogP contribution >= 0.6 is 0 Å². The number of hydrogen-bond donors (Lipinski definition) is 0. The molecule has 0 saturated carbocycles. The molecule has 3 aromatic rings. The van der Waals surface area contributed by atoms with Gasteiger partial charge in [-0.2, -0.15) is 0 Å². The van der Waals surface area contributed by atoms with Crippen LogP contribution < -0.4 is 9.64 Å². The van der Waals surface area contributed by atoms with Gasteiger partial charge in [0.25, 0.3) is 5.91 Å². The van der Waals surface area contributed by atoms with E-state index in [1.165, 1.54) is 6.07 Å². The molecule has 0 radical (unpaired) electrons. The van der Waals surface area contributed by atoms with Gasteiger partial charge in [0, 0.05) is 31.7 Å². The summed E-state index contributed by atoms with van der Waals surface area (Å²) in [4.78, 5) is 16.7. The number of carbonyl (C=O) groups is 1. The summed E-state index contributed by atoms with van der Waals surface area (Å²) in [5.41, 5.74) is 1.13. The molecule has 162 valence electrons. The molecule has 1 aromatic heterocycles. The normalized spacial score (nSPS) is 14.2. The SMILES string of the molecule is CC(C)n1nnnc1COc1cccc(C(=O)N2CCN(c3ccccc3F)CC2)c1. The highest BCUT2D eigenvalue weighted by Crippen LogP contribution is 2.22. The zero-order valence-electron chi connectivity index (χ0n) is 17.6. The first-order valence-electron chi connectivity index (χ1n) is 10.3. The second-order valence-corrected chi connectivity index (χ2v) is 7.68. The first kappa shape index (κ1) is 20.8. The number of hydrogen-bond acceptors (Lipinski definition) is 6. The van der Waals surface area contributed by atoms with Crippen LogP contribution in [-0.4, -0.2) is 57.2 Å². The first-order chi connectivity index (χ1) is 15.0. The van der Waals surface area contributed by atoms with Gasteiger partial charge in [-0.25, -0.2) is 9.07 Å². The molecule has 8 nitrogen and oxygen atoms in total. The van der Waals surface area contributed by atoms with Crippen LogP contribution in [0, 0.1) is 5.82 Å². The van der Waals surface area contributed by atoms with Crippen molar-refractivity contribution >= 4 is 11.6 Å². The van der Waals surface area contributed by atoms with Crippen molar-refractivity contribution in [1.82, 2.24) is 25.1 Å². The fraction of sp³-hybridized carbons (Fsp3) is 0.364. The molecule has 0 aliphatic carbocycles. The average Bonchev–Trinajstić information content (AvgIpc) is 3.27. The highest BCUT2D eigenvalue weighted by atomic mass is 19.1. The maximum atomic E-state index is 14.0. The quantitative estimate of drug-likeness (QED) is 0.606. The predicted octanol–water partition coefficient (Wildman–Crippen LogP) is 2.93. The summed E-state index contributed by atoms with van der Waals surface area (Å²) in [7, 11) is 0. The zero-order chi connectivity index (χ0) is 21.8. The number of anilines is 1. The van der Waals surface area contributed by atoms with Crippen LogP contribution in [0.15, 0.2) is 48.5 Å². The van der Waals surface area contributed by atoms with Gasteiger partial charge in [0.1, 0.15) is 18.2 Å². The lowest BCUT2D eigenvalue weighted by atomic mass is 10.1. The van der Waals surface area contributed by atoms with Crippen molar-refractivity contribution in [1.29, 1.82) is 0 Å². The van der Waals surface area contributed by atoms with Gasteiger partial charge in [0.05, 0.1) is 11.7 Å². The maximum Gasteiger partial charge on any atom is 0.254 e. The Balaban J connectivity index is 1.37. The number of carbonyl (C=O) groups excluding carboxylic acids is 1. The van der Waals surface area contributed by atoms with E-state index in [-0.39, 0.29) is 24.4 Å². The molecule has 1 aliphatic rings. The summed E-state index contributed by atoms with van der Waals surface area (Å²) in [6, 6.07) is 14.0. The van der Waals surface area contributed by atoms with Gasteiger partial charge in [0.2, 0.25) is 0 Å². The topological polar surface area (TPSA) is 76.4 Å². The van der Waals surface area contributed by atoms with Crippen LogP contribution in [0.2, 0.25) is 0 Å². The minimum Gasteiger partial charge on any atom is -0.486 e. The molecule has 1 fully saturated rings. The number of nitrogens with zero attached hydrogens (tertiary/aromatic N) is 6. The largest absolute Gasteiger partial charge is 0.486 e. The number of halogens is 1. The van der Waals surface area contributed by atoms with Crippen LogP contribution in [0.3, 0.4) is 0 Å². The summed E-state index contributed by atoms with van der Waals surface area (Å²) < 4.78 is 21.6. The lowest BCUT2D eigenvalue weighted by Gasteiger charge is -2.36. The number of tetrazole rings is 1. The molecule has 1 amide bonds. The van der Waals surface area contributed by atoms with Gasteiger partial charge in [-0.05, 0) is 54.6 Å². The van der Waals surface area contributed by atoms with Crippen LogP contribution in [0.5, 0.6) is 5.75 Å². The van der Waals surface area contributed by atoms with Crippen LogP contribution in [-0.2, 0) is 6.61 Å². The molecule has 0 atom stereocenters. The van der Waals surface area contributed by atoms with Gasteiger partial charge < -0.3 is 14.5 Å². The van der Waals surface area contributed by atoms with Gasteiger partial charge in [-0.1, -0.05) is 18.2 Å². The fourth-order valence-corrected chi connectivity index (χ4v) is 3.62. The molecular formula is C22H25FN6O2. The zero-order valence-corrected chi connectivity index (χ0v) is 17.6. The Bertz CT molecular complexity index is 1050. The third-order valence-electron chi connectivity index (χ3n) is 5.26. The first-order valence-corrected chi connectivity index (χ1v) is 10.3. The van der Waals surface area contributed by atoms with E-state index in [9.17, 15) is 9.18 Å². The third kappa shape index (κ3) is 4.65. The van der Waals surface area contributed by atoms with Crippen molar-refractivity contribution in [2.45, 2.75) is 26.5 Å². The van der Waals surface area contributed by atoms with E-state index in [0.29, 0.717) is 49.0 Å². The predicted molar refractivity (Wildman–Crippen MR) is 113 cm³/mol. The Labute approximate surface area is 180 Å². The Hall–Kier alpha value is -3.49. The number of amides is 1. The van der Waals surface area contributed by atoms with Crippen LogP contribution in [0.1, 0.15) is 36.1 Å². The molecular weight excluding hydrogens is 399 g/mol. The lowest BCUT2D eigenvalue weighted by Crippen LogP contribution is -2.49. The highest BCUT2D eigenvalue weighted by molar-refractivity contribution is 5.94. The van der Waals surface area contributed by atoms with Gasteiger partial charge >= 0.3 is 0 Å². The van der Waals surface area contributed by atoms with Crippen molar-refractivity contribution in [3.63, 3.8) is 0 Å². The molecule has 9 heteroatoms. The van der Waals surface area contributed by atoms with E-state index in [2.05, 4.69) is 15.5 Å². The van der Waals surface area contributed by atoms with Gasteiger partial charge in [-0.3, -0.25) is 4.79 Å². The van der Waals surface area contributed by atoms with E-state index in [1.807, 2.05) is 24.8 Å². The van der Waals surface area contributed by atoms with E-state index < -0.39 is 0 Å².